The molecule has 1 radical (unpaired) electrons. The van der Waals surface area contributed by atoms with Crippen molar-refractivity contribution in [3.05, 3.63) is 75.5 Å². The standard InChI is InChI=1S/C21H22N.C5H8O2.Ir/c1-12-7-13(2)9-18(8-12)21-17(6)16(5)19-10-14(3)15(4)11-20(19)22-21;1-4(6)3-5(2)7;/h7-8,10-11H,1-6H3;3,6H,1-2H3;/q-1;;/b;4-3-;. The van der Waals surface area contributed by atoms with Gasteiger partial charge in [-0.25, -0.2) is 0 Å². The van der Waals surface area contributed by atoms with E-state index in [9.17, 15) is 4.79 Å². The van der Waals surface area contributed by atoms with Gasteiger partial charge < -0.3 is 5.11 Å². The average Bonchev–Trinajstić information content (AvgIpc) is 2.58. The van der Waals surface area contributed by atoms with Crippen molar-refractivity contribution < 1.29 is 30.0 Å². The molecule has 30 heavy (non-hydrogen) atoms. The number of allylic oxidation sites excluding steroid dienone is 2. The van der Waals surface area contributed by atoms with E-state index >= 15 is 0 Å². The fraction of sp³-hybridized carbons (Fsp3) is 0.308. The van der Waals surface area contributed by atoms with Crippen molar-refractivity contribution in [2.24, 2.45) is 0 Å². The van der Waals surface area contributed by atoms with E-state index in [1.54, 1.807) is 0 Å². The number of benzene rings is 2. The second kappa shape index (κ2) is 10.7. The van der Waals surface area contributed by atoms with Crippen LogP contribution in [0.3, 0.4) is 0 Å². The minimum absolute atomic E-state index is 0. The van der Waals surface area contributed by atoms with Gasteiger partial charge in [-0.2, -0.15) is 0 Å². The van der Waals surface area contributed by atoms with Crippen molar-refractivity contribution in [2.75, 3.05) is 0 Å². The van der Waals surface area contributed by atoms with E-state index in [0.29, 0.717) is 0 Å². The molecule has 0 aliphatic rings. The average molecular weight is 581 g/mol. The van der Waals surface area contributed by atoms with Crippen LogP contribution >= 0.6 is 0 Å². The van der Waals surface area contributed by atoms with Crippen molar-refractivity contribution in [3.63, 3.8) is 0 Å². The first-order chi connectivity index (χ1) is 13.5. The van der Waals surface area contributed by atoms with Crippen LogP contribution in [0.5, 0.6) is 0 Å². The Morgan fingerprint density at radius 2 is 1.53 bits per heavy atom. The molecule has 161 valence electrons. The summed E-state index contributed by atoms with van der Waals surface area (Å²) >= 11 is 0. The molecule has 1 aromatic heterocycles. The molecular weight excluding hydrogens is 551 g/mol. The third-order valence-electron chi connectivity index (χ3n) is 4.98. The van der Waals surface area contributed by atoms with E-state index in [2.05, 4.69) is 71.9 Å². The van der Waals surface area contributed by atoms with Crippen molar-refractivity contribution >= 4 is 16.7 Å². The molecule has 3 nitrogen and oxygen atoms in total. The minimum Gasteiger partial charge on any atom is -0.512 e. The van der Waals surface area contributed by atoms with Gasteiger partial charge in [0.1, 0.15) is 0 Å². The molecule has 4 heteroatoms. The number of hydrogen-bond acceptors (Lipinski definition) is 3. The Morgan fingerprint density at radius 1 is 0.933 bits per heavy atom. The van der Waals surface area contributed by atoms with Gasteiger partial charge >= 0.3 is 0 Å². The number of carbonyl (C=O) groups is 1. The molecule has 0 saturated heterocycles. The van der Waals surface area contributed by atoms with Crippen LogP contribution in [0, 0.1) is 47.6 Å². The third-order valence-corrected chi connectivity index (χ3v) is 4.98. The zero-order valence-electron chi connectivity index (χ0n) is 19.0. The molecular formula is C26H30IrNO2-. The molecule has 0 spiro atoms. The number of aliphatic hydroxyl groups excluding tert-OH is 1. The number of aryl methyl sites for hydroxylation is 5. The molecule has 0 aliphatic heterocycles. The van der Waals surface area contributed by atoms with Crippen LogP contribution in [0.15, 0.2) is 36.1 Å². The van der Waals surface area contributed by atoms with Crippen molar-refractivity contribution in [3.8, 4) is 11.3 Å². The normalized spacial score (nSPS) is 10.9. The molecule has 1 N–H and O–H groups in total. The summed E-state index contributed by atoms with van der Waals surface area (Å²) in [5.41, 5.74) is 10.8. The van der Waals surface area contributed by atoms with Gasteiger partial charge in [0.05, 0.1) is 11.3 Å². The Balaban J connectivity index is 0.000000489. The molecule has 3 aromatic rings. The van der Waals surface area contributed by atoms with E-state index in [0.717, 1.165) is 22.3 Å². The molecule has 0 amide bonds. The van der Waals surface area contributed by atoms with E-state index in [1.807, 2.05) is 0 Å². The molecule has 0 saturated carbocycles. The van der Waals surface area contributed by atoms with E-state index < -0.39 is 0 Å². The summed E-state index contributed by atoms with van der Waals surface area (Å²) in [6.45, 7) is 15.7. The summed E-state index contributed by atoms with van der Waals surface area (Å²) in [5, 5.41) is 9.62. The molecule has 3 rings (SSSR count). The second-order valence-electron chi connectivity index (χ2n) is 7.81. The summed E-state index contributed by atoms with van der Waals surface area (Å²) in [4.78, 5) is 15.0. The maximum absolute atomic E-state index is 10.0. The first kappa shape index (κ1) is 25.7. The van der Waals surface area contributed by atoms with Gasteiger partial charge in [-0.05, 0) is 76.1 Å². The minimum atomic E-state index is -0.125. The van der Waals surface area contributed by atoms with Gasteiger partial charge in [-0.15, -0.1) is 34.9 Å². The Bertz CT molecular complexity index is 1090. The van der Waals surface area contributed by atoms with Crippen LogP contribution in [-0.2, 0) is 24.9 Å². The van der Waals surface area contributed by atoms with E-state index in [1.165, 1.54) is 53.1 Å². The summed E-state index contributed by atoms with van der Waals surface area (Å²) in [5.74, 6) is -0.0625. The largest absolute Gasteiger partial charge is 0.512 e. The number of hydrogen-bond donors (Lipinski definition) is 1. The summed E-state index contributed by atoms with van der Waals surface area (Å²) < 4.78 is 0. The number of fused-ring (bicyclic) bond motifs is 1. The van der Waals surface area contributed by atoms with Crippen LogP contribution in [-0.4, -0.2) is 15.9 Å². The van der Waals surface area contributed by atoms with Gasteiger partial charge in [0.2, 0.25) is 0 Å². The molecule has 0 fully saturated rings. The summed E-state index contributed by atoms with van der Waals surface area (Å²) in [6.07, 6.45) is 1.17. The number of nitrogens with zero attached hydrogens (tertiary/aromatic N) is 1. The number of pyridine rings is 1. The second-order valence-corrected chi connectivity index (χ2v) is 7.81. The van der Waals surface area contributed by atoms with Crippen LogP contribution in [0.4, 0.5) is 0 Å². The Kier molecular flexibility index (Phi) is 9.14. The first-order valence-corrected chi connectivity index (χ1v) is 9.76. The van der Waals surface area contributed by atoms with E-state index in [4.69, 9.17) is 10.1 Å². The maximum Gasteiger partial charge on any atom is 0.155 e. The zero-order valence-corrected chi connectivity index (χ0v) is 21.4. The smallest absolute Gasteiger partial charge is 0.155 e. The molecule has 0 aliphatic carbocycles. The third kappa shape index (κ3) is 6.35. The van der Waals surface area contributed by atoms with Gasteiger partial charge in [0.15, 0.2) is 5.78 Å². The van der Waals surface area contributed by atoms with Crippen LogP contribution in [0.2, 0.25) is 0 Å². The Labute approximate surface area is 193 Å². The quantitative estimate of drug-likeness (QED) is 0.212. The van der Waals surface area contributed by atoms with Crippen molar-refractivity contribution in [1.82, 2.24) is 4.98 Å². The summed E-state index contributed by atoms with van der Waals surface area (Å²) in [7, 11) is 0. The summed E-state index contributed by atoms with van der Waals surface area (Å²) in [6, 6.07) is 12.2. The number of aromatic nitrogens is 1. The SMILES string of the molecule is CC(=O)/C=C(/C)O.Cc1[c-]c(-c2nc3cc(C)c(C)cc3c(C)c2C)cc(C)c1.[Ir]. The molecule has 0 atom stereocenters. The fourth-order valence-corrected chi connectivity index (χ4v) is 3.36. The number of aliphatic hydroxyl groups is 1. The van der Waals surface area contributed by atoms with Crippen molar-refractivity contribution in [2.45, 2.75) is 55.4 Å². The zero-order chi connectivity index (χ0) is 21.9. The predicted octanol–water partition coefficient (Wildman–Crippen LogP) is 6.59. The molecule has 1 heterocycles. The van der Waals surface area contributed by atoms with Crippen LogP contribution < -0.4 is 0 Å². The number of rotatable bonds is 2. The van der Waals surface area contributed by atoms with E-state index in [-0.39, 0.29) is 31.6 Å². The molecule has 2 aromatic carbocycles. The number of ketones is 1. The van der Waals surface area contributed by atoms with Crippen LogP contribution in [0.1, 0.15) is 47.2 Å². The van der Waals surface area contributed by atoms with Crippen molar-refractivity contribution in [1.29, 1.82) is 0 Å². The number of carbonyl (C=O) groups excluding carboxylic acids is 1. The molecule has 0 bridgehead atoms. The van der Waals surface area contributed by atoms with Gasteiger partial charge in [0.25, 0.3) is 0 Å². The predicted molar refractivity (Wildman–Crippen MR) is 122 cm³/mol. The Hall–Kier alpha value is -2.29. The fourth-order valence-electron chi connectivity index (χ4n) is 3.36. The van der Waals surface area contributed by atoms with Gasteiger partial charge in [-0.1, -0.05) is 19.4 Å². The topological polar surface area (TPSA) is 50.2 Å². The van der Waals surface area contributed by atoms with Gasteiger partial charge in [-0.3, -0.25) is 9.78 Å². The molecule has 0 unspecified atom stereocenters. The monoisotopic (exact) mass is 581 g/mol. The Morgan fingerprint density at radius 3 is 2.03 bits per heavy atom. The maximum atomic E-state index is 10.0. The van der Waals surface area contributed by atoms with Crippen LogP contribution in [0.25, 0.3) is 22.2 Å². The van der Waals surface area contributed by atoms with Gasteiger partial charge in [0, 0.05) is 31.6 Å². The first-order valence-electron chi connectivity index (χ1n) is 9.76.